The summed E-state index contributed by atoms with van der Waals surface area (Å²) in [4.78, 5) is 12.5. The number of rotatable bonds is 2. The molecule has 6 nitrogen and oxygen atoms in total. The molecule has 25 heavy (non-hydrogen) atoms. The lowest BCUT2D eigenvalue weighted by molar-refractivity contribution is -0.129. The number of hydrogen-bond donors (Lipinski definition) is 3. The zero-order chi connectivity index (χ0) is 17.8. The number of aromatic nitrogens is 2. The number of nitrogens with two attached hydrogens (primary N) is 1. The molecule has 0 fully saturated rings. The lowest BCUT2D eigenvalue weighted by Crippen LogP contribution is -2.36. The number of amides is 1. The number of aryl methyl sites for hydroxylation is 1. The Kier molecular flexibility index (Phi) is 3.16. The van der Waals surface area contributed by atoms with Gasteiger partial charge in [-0.05, 0) is 37.3 Å². The van der Waals surface area contributed by atoms with Gasteiger partial charge in [0.2, 0.25) is 5.60 Å². The summed E-state index contributed by atoms with van der Waals surface area (Å²) >= 11 is 0. The first-order valence-electron chi connectivity index (χ1n) is 7.67. The third-order valence-electron chi connectivity index (χ3n) is 4.42. The van der Waals surface area contributed by atoms with E-state index in [2.05, 4.69) is 10.4 Å². The van der Waals surface area contributed by atoms with E-state index in [0.29, 0.717) is 22.6 Å². The van der Waals surface area contributed by atoms with Crippen molar-refractivity contribution in [1.29, 1.82) is 0 Å². The quantitative estimate of drug-likeness (QED) is 0.667. The van der Waals surface area contributed by atoms with Gasteiger partial charge in [-0.2, -0.15) is 5.10 Å². The van der Waals surface area contributed by atoms with Crippen molar-refractivity contribution >= 4 is 17.4 Å². The van der Waals surface area contributed by atoms with Crippen molar-refractivity contribution in [1.82, 2.24) is 9.78 Å². The summed E-state index contributed by atoms with van der Waals surface area (Å²) in [5.41, 5.74) is 6.42. The second-order valence-electron chi connectivity index (χ2n) is 5.94. The number of carbonyl (C=O) groups is 1. The van der Waals surface area contributed by atoms with E-state index in [1.54, 1.807) is 31.2 Å². The Hall–Kier alpha value is -3.19. The van der Waals surface area contributed by atoms with E-state index in [1.807, 2.05) is 0 Å². The summed E-state index contributed by atoms with van der Waals surface area (Å²) in [7, 11) is 0. The monoisotopic (exact) mass is 338 g/mol. The number of halogens is 1. The molecule has 4 rings (SSSR count). The van der Waals surface area contributed by atoms with E-state index < -0.39 is 11.5 Å². The third-order valence-corrected chi connectivity index (χ3v) is 4.42. The topological polar surface area (TPSA) is 93.2 Å². The van der Waals surface area contributed by atoms with Crippen molar-refractivity contribution < 1.29 is 14.3 Å². The van der Waals surface area contributed by atoms with Crippen LogP contribution in [0.5, 0.6) is 0 Å². The molecular weight excluding hydrogens is 323 g/mol. The van der Waals surface area contributed by atoms with E-state index in [1.165, 1.54) is 28.9 Å². The molecule has 0 unspecified atom stereocenters. The standard InChI is InChI=1S/C18H15FN4O2/c1-10-15(16(20)23(22-10)12-8-6-11(19)7-9-12)18(25)13-4-2-3-5-14(13)21-17(18)24/h2-9,25H,20H2,1H3,(H,21,24)/t18-/m0/s1. The van der Waals surface area contributed by atoms with Gasteiger partial charge < -0.3 is 16.2 Å². The van der Waals surface area contributed by atoms with E-state index >= 15 is 0 Å². The van der Waals surface area contributed by atoms with Crippen molar-refractivity contribution in [2.24, 2.45) is 0 Å². The fourth-order valence-electron chi connectivity index (χ4n) is 3.26. The summed E-state index contributed by atoms with van der Waals surface area (Å²) in [6, 6.07) is 12.5. The number of fused-ring (bicyclic) bond motifs is 1. The third kappa shape index (κ3) is 2.06. The number of carbonyl (C=O) groups excluding carboxylic acids is 1. The Morgan fingerprint density at radius 3 is 2.60 bits per heavy atom. The molecule has 4 N–H and O–H groups in total. The summed E-state index contributed by atoms with van der Waals surface area (Å²) < 4.78 is 14.5. The van der Waals surface area contributed by atoms with E-state index in [9.17, 15) is 14.3 Å². The van der Waals surface area contributed by atoms with Gasteiger partial charge in [0.25, 0.3) is 5.91 Å². The molecular formula is C18H15FN4O2. The van der Waals surface area contributed by atoms with E-state index in [0.717, 1.165) is 0 Å². The molecule has 7 heteroatoms. The van der Waals surface area contributed by atoms with Gasteiger partial charge in [0.05, 0.1) is 16.9 Å². The van der Waals surface area contributed by atoms with E-state index in [-0.39, 0.29) is 17.2 Å². The van der Waals surface area contributed by atoms with Crippen molar-refractivity contribution in [2.75, 3.05) is 11.1 Å². The molecule has 1 aromatic heterocycles. The molecule has 1 aliphatic rings. The summed E-state index contributed by atoms with van der Waals surface area (Å²) in [5, 5.41) is 18.2. The van der Waals surface area contributed by atoms with Crippen LogP contribution in [-0.4, -0.2) is 20.8 Å². The molecule has 2 aromatic carbocycles. The predicted molar refractivity (Wildman–Crippen MR) is 90.7 cm³/mol. The highest BCUT2D eigenvalue weighted by Crippen LogP contribution is 2.44. The highest BCUT2D eigenvalue weighted by molar-refractivity contribution is 6.08. The Labute approximate surface area is 142 Å². The molecule has 2 heterocycles. The van der Waals surface area contributed by atoms with Crippen LogP contribution in [-0.2, 0) is 10.4 Å². The molecule has 1 aliphatic heterocycles. The SMILES string of the molecule is Cc1nn(-c2ccc(F)cc2)c(N)c1[C@]1(O)C(=O)Nc2ccccc21. The highest BCUT2D eigenvalue weighted by atomic mass is 19.1. The zero-order valence-electron chi connectivity index (χ0n) is 13.3. The number of benzene rings is 2. The van der Waals surface area contributed by atoms with Crippen molar-refractivity contribution in [3.8, 4) is 5.69 Å². The lowest BCUT2D eigenvalue weighted by atomic mass is 9.87. The Balaban J connectivity index is 1.93. The summed E-state index contributed by atoms with van der Waals surface area (Å²) in [6.07, 6.45) is 0. The van der Waals surface area contributed by atoms with Crippen LogP contribution in [0.3, 0.4) is 0 Å². The summed E-state index contributed by atoms with van der Waals surface area (Å²) in [5.74, 6) is -0.838. The first kappa shape index (κ1) is 15.3. The molecule has 0 aliphatic carbocycles. The van der Waals surface area contributed by atoms with Gasteiger partial charge in [0.1, 0.15) is 11.6 Å². The number of nitrogens with zero attached hydrogens (tertiary/aromatic N) is 2. The van der Waals surface area contributed by atoms with Crippen LogP contribution in [0, 0.1) is 12.7 Å². The maximum atomic E-state index is 13.2. The van der Waals surface area contributed by atoms with E-state index in [4.69, 9.17) is 5.73 Å². The number of nitrogen functional groups attached to an aromatic ring is 1. The first-order chi connectivity index (χ1) is 11.9. The Morgan fingerprint density at radius 1 is 1.20 bits per heavy atom. The minimum atomic E-state index is -1.93. The molecule has 0 radical (unpaired) electrons. The van der Waals surface area contributed by atoms with Gasteiger partial charge in [-0.1, -0.05) is 18.2 Å². The highest BCUT2D eigenvalue weighted by Gasteiger charge is 2.50. The molecule has 3 aromatic rings. The molecule has 1 atom stereocenters. The second-order valence-corrected chi connectivity index (χ2v) is 5.94. The van der Waals surface area contributed by atoms with Gasteiger partial charge in [-0.15, -0.1) is 0 Å². The number of hydrogen-bond acceptors (Lipinski definition) is 4. The van der Waals surface area contributed by atoms with Gasteiger partial charge >= 0.3 is 0 Å². The Bertz CT molecular complexity index is 997. The van der Waals surface area contributed by atoms with Gasteiger partial charge in [-0.25, -0.2) is 9.07 Å². The maximum Gasteiger partial charge on any atom is 0.266 e. The maximum absolute atomic E-state index is 13.2. The minimum absolute atomic E-state index is 0.124. The first-order valence-corrected chi connectivity index (χ1v) is 7.67. The van der Waals surface area contributed by atoms with Gasteiger partial charge in [0.15, 0.2) is 0 Å². The number of aliphatic hydroxyl groups is 1. The molecule has 0 saturated carbocycles. The average Bonchev–Trinajstić information content (AvgIpc) is 3.03. The van der Waals surface area contributed by atoms with Crippen LogP contribution in [0.25, 0.3) is 5.69 Å². The van der Waals surface area contributed by atoms with Crippen molar-refractivity contribution in [3.63, 3.8) is 0 Å². The molecule has 0 saturated heterocycles. The molecule has 1 amide bonds. The average molecular weight is 338 g/mol. The van der Waals surface area contributed by atoms with Crippen LogP contribution < -0.4 is 11.1 Å². The van der Waals surface area contributed by atoms with Crippen LogP contribution in [0.1, 0.15) is 16.8 Å². The number of para-hydroxylation sites is 1. The van der Waals surface area contributed by atoms with Crippen LogP contribution in [0.2, 0.25) is 0 Å². The molecule has 126 valence electrons. The molecule has 0 spiro atoms. The zero-order valence-corrected chi connectivity index (χ0v) is 13.3. The number of anilines is 2. The normalized spacial score (nSPS) is 18.9. The predicted octanol–water partition coefficient (Wildman–Crippen LogP) is 2.09. The lowest BCUT2D eigenvalue weighted by Gasteiger charge is -2.21. The fraction of sp³-hybridized carbons (Fsp3) is 0.111. The van der Waals surface area contributed by atoms with Crippen LogP contribution in [0.15, 0.2) is 48.5 Å². The smallest absolute Gasteiger partial charge is 0.266 e. The number of nitrogens with one attached hydrogen (secondary N) is 1. The largest absolute Gasteiger partial charge is 0.383 e. The summed E-state index contributed by atoms with van der Waals surface area (Å²) in [6.45, 7) is 1.66. The van der Waals surface area contributed by atoms with Crippen molar-refractivity contribution in [3.05, 3.63) is 71.2 Å². The van der Waals surface area contributed by atoms with Crippen LogP contribution in [0.4, 0.5) is 15.9 Å². The fourth-order valence-corrected chi connectivity index (χ4v) is 3.26. The molecule has 0 bridgehead atoms. The Morgan fingerprint density at radius 2 is 1.88 bits per heavy atom. The van der Waals surface area contributed by atoms with Crippen LogP contribution >= 0.6 is 0 Å². The van der Waals surface area contributed by atoms with Gasteiger partial charge in [0, 0.05) is 11.3 Å². The minimum Gasteiger partial charge on any atom is -0.383 e. The van der Waals surface area contributed by atoms with Gasteiger partial charge in [-0.3, -0.25) is 4.79 Å². The van der Waals surface area contributed by atoms with Crippen molar-refractivity contribution in [2.45, 2.75) is 12.5 Å². The second kappa shape index (κ2) is 5.15.